The summed E-state index contributed by atoms with van der Waals surface area (Å²) in [6.45, 7) is 4.63. The largest absolute Gasteiger partial charge is 0.395 e. The highest BCUT2D eigenvalue weighted by molar-refractivity contribution is 5.30. The van der Waals surface area contributed by atoms with Crippen molar-refractivity contribution in [3.8, 4) is 0 Å². The van der Waals surface area contributed by atoms with Crippen LogP contribution in [0.4, 0.5) is 8.78 Å². The lowest BCUT2D eigenvalue weighted by atomic mass is 9.84. The lowest BCUT2D eigenvalue weighted by Crippen LogP contribution is -2.24. The first-order chi connectivity index (χ1) is 6.38. The van der Waals surface area contributed by atoms with Crippen LogP contribution in [0.2, 0.25) is 0 Å². The van der Waals surface area contributed by atoms with Crippen LogP contribution < -0.4 is 0 Å². The van der Waals surface area contributed by atoms with Crippen molar-refractivity contribution in [3.05, 3.63) is 34.9 Å². The van der Waals surface area contributed by atoms with Gasteiger partial charge in [-0.05, 0) is 30.2 Å². The van der Waals surface area contributed by atoms with Gasteiger partial charge >= 0.3 is 0 Å². The van der Waals surface area contributed by atoms with E-state index in [0.717, 1.165) is 12.1 Å². The highest BCUT2D eigenvalue weighted by Gasteiger charge is 2.24. The second kappa shape index (κ2) is 3.65. The van der Waals surface area contributed by atoms with Crippen molar-refractivity contribution in [1.82, 2.24) is 0 Å². The highest BCUT2D eigenvalue weighted by atomic mass is 19.1. The number of aliphatic hydroxyl groups excluding tert-OH is 1. The smallest absolute Gasteiger partial charge is 0.127 e. The molecule has 1 rings (SSSR count). The predicted molar refractivity (Wildman–Crippen MR) is 51.2 cm³/mol. The molecule has 0 spiro atoms. The van der Waals surface area contributed by atoms with Crippen molar-refractivity contribution in [2.45, 2.75) is 26.2 Å². The van der Waals surface area contributed by atoms with Gasteiger partial charge in [-0.15, -0.1) is 0 Å². The van der Waals surface area contributed by atoms with Crippen LogP contribution in [0, 0.1) is 18.6 Å². The van der Waals surface area contributed by atoms with Gasteiger partial charge in [0.1, 0.15) is 11.6 Å². The van der Waals surface area contributed by atoms with Crippen LogP contribution in [0.15, 0.2) is 12.1 Å². The molecule has 0 radical (unpaired) electrons. The molecule has 1 nitrogen and oxygen atoms in total. The average molecular weight is 200 g/mol. The molecule has 0 aliphatic heterocycles. The van der Waals surface area contributed by atoms with Crippen LogP contribution in [0.3, 0.4) is 0 Å². The Kier molecular flexibility index (Phi) is 2.90. The molecule has 0 aliphatic rings. The molecular weight excluding hydrogens is 186 g/mol. The maximum atomic E-state index is 13.4. The average Bonchev–Trinajstić information content (AvgIpc) is 2.11. The topological polar surface area (TPSA) is 20.2 Å². The van der Waals surface area contributed by atoms with E-state index in [2.05, 4.69) is 0 Å². The van der Waals surface area contributed by atoms with Gasteiger partial charge in [-0.2, -0.15) is 0 Å². The molecule has 0 aliphatic carbocycles. The van der Waals surface area contributed by atoms with Crippen molar-refractivity contribution >= 4 is 0 Å². The number of aliphatic hydroxyl groups is 1. The van der Waals surface area contributed by atoms with Crippen molar-refractivity contribution in [1.29, 1.82) is 0 Å². The number of aryl methyl sites for hydroxylation is 1. The fourth-order valence-corrected chi connectivity index (χ4v) is 1.25. The maximum Gasteiger partial charge on any atom is 0.127 e. The quantitative estimate of drug-likeness (QED) is 0.777. The molecule has 0 aromatic heterocycles. The molecule has 78 valence electrons. The first kappa shape index (κ1) is 11.1. The Labute approximate surface area is 82.4 Å². The standard InChI is InChI=1S/C11H14F2O/c1-7-4-10(13)8(5-9(7)12)11(2,3)6-14/h4-5,14H,6H2,1-3H3. The summed E-state index contributed by atoms with van der Waals surface area (Å²) < 4.78 is 26.6. The Balaban J connectivity index is 3.29. The third kappa shape index (κ3) is 1.93. The predicted octanol–water partition coefficient (Wildman–Crippen LogP) is 2.54. The van der Waals surface area contributed by atoms with Gasteiger partial charge in [0.25, 0.3) is 0 Å². The summed E-state index contributed by atoms with van der Waals surface area (Å²) in [5.41, 5.74) is -0.262. The normalized spacial score (nSPS) is 11.9. The second-order valence-corrected chi connectivity index (χ2v) is 4.12. The molecule has 0 fully saturated rings. The molecule has 1 aromatic rings. The van der Waals surface area contributed by atoms with Crippen LogP contribution >= 0.6 is 0 Å². The van der Waals surface area contributed by atoms with E-state index in [1.807, 2.05) is 0 Å². The molecule has 3 heteroatoms. The fraction of sp³-hybridized carbons (Fsp3) is 0.455. The van der Waals surface area contributed by atoms with E-state index >= 15 is 0 Å². The molecule has 0 saturated heterocycles. The van der Waals surface area contributed by atoms with Crippen molar-refractivity contribution in [2.24, 2.45) is 0 Å². The van der Waals surface area contributed by atoms with E-state index in [0.29, 0.717) is 0 Å². The maximum absolute atomic E-state index is 13.4. The summed E-state index contributed by atoms with van der Waals surface area (Å²) in [5, 5.41) is 9.04. The lowest BCUT2D eigenvalue weighted by molar-refractivity contribution is 0.214. The third-order valence-electron chi connectivity index (χ3n) is 2.37. The molecular formula is C11H14F2O. The number of hydrogen-bond donors (Lipinski definition) is 1. The van der Waals surface area contributed by atoms with E-state index in [1.54, 1.807) is 13.8 Å². The fourth-order valence-electron chi connectivity index (χ4n) is 1.25. The van der Waals surface area contributed by atoms with Crippen molar-refractivity contribution in [2.75, 3.05) is 6.61 Å². The van der Waals surface area contributed by atoms with Crippen molar-refractivity contribution < 1.29 is 13.9 Å². The second-order valence-electron chi connectivity index (χ2n) is 4.12. The zero-order valence-corrected chi connectivity index (χ0v) is 8.56. The highest BCUT2D eigenvalue weighted by Crippen LogP contribution is 2.27. The minimum absolute atomic E-state index is 0.211. The van der Waals surface area contributed by atoms with Crippen LogP contribution in [0.1, 0.15) is 25.0 Å². The number of halogens is 2. The molecule has 0 heterocycles. The van der Waals surface area contributed by atoms with Crippen LogP contribution in [0.5, 0.6) is 0 Å². The minimum atomic E-state index is -0.751. The van der Waals surface area contributed by atoms with Gasteiger partial charge in [0, 0.05) is 5.41 Å². The number of benzene rings is 1. The first-order valence-electron chi connectivity index (χ1n) is 4.45. The van der Waals surface area contributed by atoms with Gasteiger partial charge in [-0.25, -0.2) is 8.78 Å². The van der Waals surface area contributed by atoms with Gasteiger partial charge in [0.15, 0.2) is 0 Å². The van der Waals surface area contributed by atoms with E-state index in [9.17, 15) is 8.78 Å². The zero-order chi connectivity index (χ0) is 10.9. The van der Waals surface area contributed by atoms with Crippen LogP contribution in [0.25, 0.3) is 0 Å². The Morgan fingerprint density at radius 3 is 2.29 bits per heavy atom. The SMILES string of the molecule is Cc1cc(F)c(C(C)(C)CO)cc1F. The van der Waals surface area contributed by atoms with Crippen LogP contribution in [-0.4, -0.2) is 11.7 Å². The van der Waals surface area contributed by atoms with E-state index in [4.69, 9.17) is 5.11 Å². The summed E-state index contributed by atoms with van der Waals surface area (Å²) in [4.78, 5) is 0. The summed E-state index contributed by atoms with van der Waals surface area (Å²) in [6, 6.07) is 2.31. The molecule has 0 bridgehead atoms. The summed E-state index contributed by atoms with van der Waals surface area (Å²) >= 11 is 0. The first-order valence-corrected chi connectivity index (χ1v) is 4.45. The van der Waals surface area contributed by atoms with E-state index in [-0.39, 0.29) is 17.7 Å². The van der Waals surface area contributed by atoms with Gasteiger partial charge < -0.3 is 5.11 Å². The molecule has 14 heavy (non-hydrogen) atoms. The Morgan fingerprint density at radius 1 is 1.21 bits per heavy atom. The van der Waals surface area contributed by atoms with Gasteiger partial charge in [-0.1, -0.05) is 13.8 Å². The molecule has 1 aromatic carbocycles. The zero-order valence-electron chi connectivity index (χ0n) is 8.56. The van der Waals surface area contributed by atoms with Crippen LogP contribution in [-0.2, 0) is 5.41 Å². The van der Waals surface area contributed by atoms with E-state index < -0.39 is 17.0 Å². The Bertz CT molecular complexity index is 345. The van der Waals surface area contributed by atoms with E-state index in [1.165, 1.54) is 6.92 Å². The Hall–Kier alpha value is -0.960. The minimum Gasteiger partial charge on any atom is -0.395 e. The Morgan fingerprint density at radius 2 is 1.79 bits per heavy atom. The van der Waals surface area contributed by atoms with Gasteiger partial charge in [0.05, 0.1) is 6.61 Å². The summed E-state index contributed by atoms with van der Waals surface area (Å²) in [6.07, 6.45) is 0. The number of rotatable bonds is 2. The monoisotopic (exact) mass is 200 g/mol. The molecule has 0 saturated carbocycles. The van der Waals surface area contributed by atoms with Gasteiger partial charge in [0.2, 0.25) is 0 Å². The summed E-state index contributed by atoms with van der Waals surface area (Å²) in [7, 11) is 0. The van der Waals surface area contributed by atoms with Crippen molar-refractivity contribution in [3.63, 3.8) is 0 Å². The number of hydrogen-bond acceptors (Lipinski definition) is 1. The molecule has 0 atom stereocenters. The molecule has 0 unspecified atom stereocenters. The van der Waals surface area contributed by atoms with Gasteiger partial charge in [-0.3, -0.25) is 0 Å². The summed E-state index contributed by atoms with van der Waals surface area (Å²) in [5.74, 6) is -0.911. The molecule has 0 amide bonds. The molecule has 1 N–H and O–H groups in total. The third-order valence-corrected chi connectivity index (χ3v) is 2.37. The lowest BCUT2D eigenvalue weighted by Gasteiger charge is -2.23.